The fraction of sp³-hybridized carbons (Fsp3) is 0.867. The summed E-state index contributed by atoms with van der Waals surface area (Å²) in [5, 5.41) is 0. The molecule has 0 unspecified atom stereocenters. The van der Waals surface area contributed by atoms with Crippen LogP contribution in [0.1, 0.15) is 61.3 Å². The molecule has 0 saturated heterocycles. The van der Waals surface area contributed by atoms with Gasteiger partial charge in [0.25, 0.3) is 0 Å². The molecule has 0 amide bonds. The van der Waals surface area contributed by atoms with E-state index in [0.29, 0.717) is 12.8 Å². The van der Waals surface area contributed by atoms with Gasteiger partial charge in [0.2, 0.25) is 0 Å². The van der Waals surface area contributed by atoms with E-state index in [-0.39, 0.29) is 35.1 Å². The first-order chi connectivity index (χ1) is 7.93. The lowest BCUT2D eigenvalue weighted by atomic mass is 9.82. The van der Waals surface area contributed by atoms with Crippen molar-refractivity contribution in [1.29, 1.82) is 0 Å². The third-order valence-corrected chi connectivity index (χ3v) is 2.71. The van der Waals surface area contributed by atoms with Crippen molar-refractivity contribution in [3.05, 3.63) is 0 Å². The zero-order valence-corrected chi connectivity index (χ0v) is 12.9. The Morgan fingerprint density at radius 1 is 1.06 bits per heavy atom. The van der Waals surface area contributed by atoms with Gasteiger partial charge in [0, 0.05) is 17.8 Å². The van der Waals surface area contributed by atoms with Crippen molar-refractivity contribution in [3.63, 3.8) is 0 Å². The Balaban J connectivity index is 4.04. The first-order valence-electron chi connectivity index (χ1n) is 6.63. The van der Waals surface area contributed by atoms with Crippen LogP contribution in [-0.2, 0) is 14.3 Å². The fourth-order valence-electron chi connectivity index (χ4n) is 1.62. The number of hydrogen-bond donors (Lipinski definition) is 0. The molecule has 1 atom stereocenters. The van der Waals surface area contributed by atoms with E-state index in [4.69, 9.17) is 4.74 Å². The highest BCUT2D eigenvalue weighted by Crippen LogP contribution is 2.22. The predicted molar refractivity (Wildman–Crippen MR) is 73.6 cm³/mol. The van der Waals surface area contributed by atoms with Crippen LogP contribution < -0.4 is 0 Å². The Labute approximate surface area is 111 Å². The first-order valence-corrected chi connectivity index (χ1v) is 6.63. The molecule has 0 fully saturated rings. The molecule has 0 aliphatic rings. The summed E-state index contributed by atoms with van der Waals surface area (Å²) in [5.74, 6) is 0.217. The Hall–Kier alpha value is -0.700. The van der Waals surface area contributed by atoms with Gasteiger partial charge in [0.15, 0.2) is 5.78 Å². The van der Waals surface area contributed by atoms with Crippen LogP contribution in [-0.4, -0.2) is 23.8 Å². The van der Waals surface area contributed by atoms with Crippen LogP contribution in [0.25, 0.3) is 0 Å². The van der Waals surface area contributed by atoms with Crippen LogP contribution in [0.5, 0.6) is 0 Å². The van der Waals surface area contributed by atoms with E-state index >= 15 is 0 Å². The summed E-state index contributed by atoms with van der Waals surface area (Å²) in [4.78, 5) is 23.6. The number of Topliss-reactive ketones (excluding diaryl/α,β-unsaturated/α-hetero) is 2. The molecule has 0 spiro atoms. The normalized spacial score (nSPS) is 14.4. The highest BCUT2D eigenvalue weighted by atomic mass is 16.5. The second-order valence-electron chi connectivity index (χ2n) is 6.99. The summed E-state index contributed by atoms with van der Waals surface area (Å²) in [6.45, 7) is 13.5. The smallest absolute Gasteiger partial charge is 0.158 e. The number of ether oxygens (including phenoxy) is 1. The van der Waals surface area contributed by atoms with E-state index in [9.17, 15) is 9.59 Å². The van der Waals surface area contributed by atoms with E-state index in [2.05, 4.69) is 0 Å². The number of rotatable bonds is 6. The lowest BCUT2D eigenvalue weighted by Gasteiger charge is -2.22. The third-order valence-electron chi connectivity index (χ3n) is 2.71. The van der Waals surface area contributed by atoms with Crippen molar-refractivity contribution in [2.75, 3.05) is 6.61 Å². The van der Waals surface area contributed by atoms with Crippen molar-refractivity contribution >= 4 is 11.6 Å². The number of carbonyl (C=O) groups excluding carboxylic acids is 2. The average molecular weight is 256 g/mol. The van der Waals surface area contributed by atoms with Gasteiger partial charge in [0.1, 0.15) is 12.4 Å². The standard InChI is InChI=1S/C15H28O3/c1-11(13(17)14(2,3)4)8-9-12(16)10-18-15(5,6)7/h11H,8-10H2,1-7H3/t11-/m0/s1. The van der Waals surface area contributed by atoms with E-state index in [0.717, 1.165) is 0 Å². The minimum atomic E-state index is -0.329. The molecule has 0 N–H and O–H groups in total. The van der Waals surface area contributed by atoms with Crippen LogP contribution in [0.2, 0.25) is 0 Å². The summed E-state index contributed by atoms with van der Waals surface area (Å²) in [7, 11) is 0. The maximum atomic E-state index is 12.0. The molecule has 0 aromatic carbocycles. The van der Waals surface area contributed by atoms with Gasteiger partial charge >= 0.3 is 0 Å². The molecule has 0 rings (SSSR count). The van der Waals surface area contributed by atoms with Crippen molar-refractivity contribution in [2.24, 2.45) is 11.3 Å². The Morgan fingerprint density at radius 3 is 1.94 bits per heavy atom. The summed E-state index contributed by atoms with van der Waals surface area (Å²) < 4.78 is 5.42. The molecule has 0 bridgehead atoms. The SMILES string of the molecule is C[C@@H](CCC(=O)COC(C)(C)C)C(=O)C(C)(C)C. The summed E-state index contributed by atoms with van der Waals surface area (Å²) in [5.41, 5.74) is -0.618. The van der Waals surface area contributed by atoms with Gasteiger partial charge < -0.3 is 4.74 Å². The molecule has 0 radical (unpaired) electrons. The number of carbonyl (C=O) groups is 2. The minimum absolute atomic E-state index is 0.0661. The second-order valence-corrected chi connectivity index (χ2v) is 6.99. The molecule has 18 heavy (non-hydrogen) atoms. The van der Waals surface area contributed by atoms with Crippen molar-refractivity contribution < 1.29 is 14.3 Å². The van der Waals surface area contributed by atoms with E-state index < -0.39 is 0 Å². The molecule has 106 valence electrons. The van der Waals surface area contributed by atoms with Crippen LogP contribution in [0.15, 0.2) is 0 Å². The maximum absolute atomic E-state index is 12.0. The van der Waals surface area contributed by atoms with Gasteiger partial charge in [-0.2, -0.15) is 0 Å². The van der Waals surface area contributed by atoms with Crippen LogP contribution in [0, 0.1) is 11.3 Å². The first kappa shape index (κ1) is 17.3. The van der Waals surface area contributed by atoms with Crippen LogP contribution in [0.3, 0.4) is 0 Å². The van der Waals surface area contributed by atoms with Crippen LogP contribution in [0.4, 0.5) is 0 Å². The molecule has 0 aromatic heterocycles. The summed E-state index contributed by atoms with van der Waals surface area (Å²) in [6, 6.07) is 0. The molecular weight excluding hydrogens is 228 g/mol. The van der Waals surface area contributed by atoms with Gasteiger partial charge in [-0.05, 0) is 27.2 Å². The van der Waals surface area contributed by atoms with Crippen molar-refractivity contribution in [3.8, 4) is 0 Å². The molecular formula is C15H28O3. The second kappa shape index (κ2) is 6.46. The minimum Gasteiger partial charge on any atom is -0.368 e. The molecule has 3 nitrogen and oxygen atoms in total. The molecule has 0 aliphatic carbocycles. The Morgan fingerprint density at radius 2 is 1.56 bits per heavy atom. The highest BCUT2D eigenvalue weighted by Gasteiger charge is 2.26. The highest BCUT2D eigenvalue weighted by molar-refractivity contribution is 5.86. The van der Waals surface area contributed by atoms with E-state index in [1.54, 1.807) is 0 Å². The molecule has 3 heteroatoms. The lowest BCUT2D eigenvalue weighted by molar-refractivity contribution is -0.131. The van der Waals surface area contributed by atoms with Gasteiger partial charge in [0.05, 0.1) is 5.60 Å². The topological polar surface area (TPSA) is 43.4 Å². The lowest BCUT2D eigenvalue weighted by Crippen LogP contribution is -2.28. The van der Waals surface area contributed by atoms with E-state index in [1.807, 2.05) is 48.5 Å². The Kier molecular flexibility index (Phi) is 6.21. The largest absolute Gasteiger partial charge is 0.368 e. The number of hydrogen-bond acceptors (Lipinski definition) is 3. The third kappa shape index (κ3) is 7.59. The van der Waals surface area contributed by atoms with Crippen LogP contribution >= 0.6 is 0 Å². The monoisotopic (exact) mass is 256 g/mol. The molecule has 0 aromatic rings. The quantitative estimate of drug-likeness (QED) is 0.731. The van der Waals surface area contributed by atoms with Gasteiger partial charge in [-0.1, -0.05) is 27.7 Å². The van der Waals surface area contributed by atoms with Crippen molar-refractivity contribution in [2.45, 2.75) is 66.9 Å². The number of ketones is 2. The maximum Gasteiger partial charge on any atom is 0.158 e. The summed E-state index contributed by atoms with van der Waals surface area (Å²) in [6.07, 6.45) is 1.03. The molecule has 0 aliphatic heterocycles. The molecule has 0 heterocycles. The predicted octanol–water partition coefficient (Wildman–Crippen LogP) is 3.40. The van der Waals surface area contributed by atoms with Gasteiger partial charge in [-0.3, -0.25) is 9.59 Å². The fourth-order valence-corrected chi connectivity index (χ4v) is 1.62. The van der Waals surface area contributed by atoms with Gasteiger partial charge in [-0.25, -0.2) is 0 Å². The molecule has 0 saturated carbocycles. The zero-order chi connectivity index (χ0) is 14.6. The zero-order valence-electron chi connectivity index (χ0n) is 12.9. The average Bonchev–Trinajstić information content (AvgIpc) is 2.19. The summed E-state index contributed by atoms with van der Waals surface area (Å²) >= 11 is 0. The van der Waals surface area contributed by atoms with E-state index in [1.165, 1.54) is 0 Å². The van der Waals surface area contributed by atoms with Crippen molar-refractivity contribution in [1.82, 2.24) is 0 Å². The Bertz CT molecular complexity index is 292. The van der Waals surface area contributed by atoms with Gasteiger partial charge in [-0.15, -0.1) is 0 Å².